The Balaban J connectivity index is 0.875. The number of fused-ring (bicyclic) bond motifs is 3. The van der Waals surface area contributed by atoms with Gasteiger partial charge in [0.05, 0.1) is 23.0 Å². The fraction of sp³-hybridized carbons (Fsp3) is 0.458. The van der Waals surface area contributed by atoms with Gasteiger partial charge in [0.2, 0.25) is 29.5 Å². The number of nitrogens with zero attached hydrogens (tertiary/aromatic N) is 2. The standard InChI is InChI=1S/C48H50Cl2FN7O6/c1-46(2)16-18-47(19-17-46)48(24-28-9-10-29(49)23-35(28)54-45(48)64)39(32-7-4-8-34(50)40(32)51)41(56-47)43(62)53-30-14-21-57(22-15-30)26-38(60)52-20-13-27-5-3-6-31-33(27)25-58(44(31)63)36-11-12-37(59)55-42(36)61/h3-10,23,30,36,39,41,56H,11-12,14-19,21-22,24-26H2,1-2H3,(H,52,60)(H,53,62)(H,54,64)(H,55,59,61)/t36?,39-,41+,48+/m0/s1. The highest BCUT2D eigenvalue weighted by atomic mass is 35.5. The lowest BCUT2D eigenvalue weighted by atomic mass is 9.52. The number of piperidine rings is 2. The van der Waals surface area contributed by atoms with Crippen LogP contribution in [-0.4, -0.2) is 88.5 Å². The van der Waals surface area contributed by atoms with Gasteiger partial charge in [0.15, 0.2) is 0 Å². The number of hydrogen-bond donors (Lipinski definition) is 5. The van der Waals surface area contributed by atoms with Crippen molar-refractivity contribution in [3.63, 3.8) is 0 Å². The van der Waals surface area contributed by atoms with Crippen LogP contribution in [-0.2, 0) is 36.9 Å². The first-order chi connectivity index (χ1) is 30.6. The predicted octanol–water partition coefficient (Wildman–Crippen LogP) is 5.18. The summed E-state index contributed by atoms with van der Waals surface area (Å²) in [6, 6.07) is 16.1. The van der Waals surface area contributed by atoms with Gasteiger partial charge in [-0.05, 0) is 110 Å². The van der Waals surface area contributed by atoms with Crippen LogP contribution in [0.1, 0.15) is 104 Å². The van der Waals surface area contributed by atoms with Crippen molar-refractivity contribution >= 4 is 64.3 Å². The Morgan fingerprint density at radius 3 is 2.44 bits per heavy atom. The summed E-state index contributed by atoms with van der Waals surface area (Å²) in [4.78, 5) is 83.5. The first kappa shape index (κ1) is 43.9. The average molecular weight is 911 g/mol. The molecule has 3 aromatic rings. The number of anilines is 1. The second-order valence-electron chi connectivity index (χ2n) is 19.0. The normalized spacial score (nSPS) is 26.1. The monoisotopic (exact) mass is 909 g/mol. The van der Waals surface area contributed by atoms with Crippen molar-refractivity contribution in [2.75, 3.05) is 25.0 Å². The van der Waals surface area contributed by atoms with E-state index in [0.29, 0.717) is 66.2 Å². The lowest BCUT2D eigenvalue weighted by Gasteiger charge is -2.53. The van der Waals surface area contributed by atoms with Crippen LogP contribution in [0.5, 0.6) is 0 Å². The number of likely N-dealkylation sites (tertiary alicyclic amines) is 1. The minimum atomic E-state index is -1.24. The Labute approximate surface area is 380 Å². The third-order valence-corrected chi connectivity index (χ3v) is 15.2. The minimum absolute atomic E-state index is 0.0201. The quantitative estimate of drug-likeness (QED) is 0.128. The van der Waals surface area contributed by atoms with E-state index in [0.717, 1.165) is 18.4 Å². The number of hydrogen-bond acceptors (Lipinski definition) is 8. The summed E-state index contributed by atoms with van der Waals surface area (Å²) in [5.74, 6) is -0.647. The van der Waals surface area contributed by atoms with Gasteiger partial charge in [-0.25, -0.2) is 4.39 Å². The SMILES string of the molecule is CC1(C)CCC2(CC1)N[C@@H](C(=O)NC1CCN(CC(=O)NC#Cc3cccc4c3CN(C3CCC(=O)NC3=O)C4=O)CC1)[C@H](c1cccc(Cl)c1F)[C@@]21Cc2ccc(Cl)cc2NC1=O. The second-order valence-corrected chi connectivity index (χ2v) is 19.8. The number of benzene rings is 3. The topological polar surface area (TPSA) is 169 Å². The zero-order valence-electron chi connectivity index (χ0n) is 35.7. The van der Waals surface area contributed by atoms with Gasteiger partial charge >= 0.3 is 0 Å². The van der Waals surface area contributed by atoms with E-state index in [2.05, 4.69) is 52.4 Å². The molecule has 6 aliphatic rings. The molecule has 0 aromatic heterocycles. The van der Waals surface area contributed by atoms with Gasteiger partial charge in [-0.15, -0.1) is 0 Å². The van der Waals surface area contributed by atoms with Crippen LogP contribution in [0.3, 0.4) is 0 Å². The number of halogens is 3. The van der Waals surface area contributed by atoms with Crippen molar-refractivity contribution in [1.29, 1.82) is 0 Å². The van der Waals surface area contributed by atoms with E-state index >= 15 is 4.39 Å². The molecule has 4 atom stereocenters. The molecule has 1 aliphatic carbocycles. The summed E-state index contributed by atoms with van der Waals surface area (Å²) >= 11 is 12.8. The third kappa shape index (κ3) is 7.84. The van der Waals surface area contributed by atoms with Gasteiger partial charge in [0.1, 0.15) is 11.9 Å². The molecule has 3 saturated heterocycles. The van der Waals surface area contributed by atoms with E-state index in [1.54, 1.807) is 42.5 Å². The maximum Gasteiger partial charge on any atom is 0.255 e. The van der Waals surface area contributed by atoms with E-state index in [4.69, 9.17) is 23.2 Å². The Kier molecular flexibility index (Phi) is 11.6. The van der Waals surface area contributed by atoms with Crippen molar-refractivity contribution in [3.8, 4) is 12.0 Å². The number of rotatable bonds is 6. The van der Waals surface area contributed by atoms with Gasteiger partial charge in [-0.3, -0.25) is 49.6 Å². The summed E-state index contributed by atoms with van der Waals surface area (Å²) in [6.07, 6.45) is 4.63. The molecule has 3 aromatic carbocycles. The number of nitrogens with one attached hydrogen (secondary N) is 5. The van der Waals surface area contributed by atoms with E-state index in [-0.39, 0.29) is 83.9 Å². The molecule has 2 spiro atoms. The van der Waals surface area contributed by atoms with Crippen molar-refractivity contribution < 1.29 is 33.2 Å². The predicted molar refractivity (Wildman–Crippen MR) is 237 cm³/mol. The molecule has 4 fully saturated rings. The van der Waals surface area contributed by atoms with E-state index in [1.165, 1.54) is 11.0 Å². The number of amides is 6. The van der Waals surface area contributed by atoms with Gasteiger partial charge < -0.3 is 15.5 Å². The maximum atomic E-state index is 16.4. The molecule has 5 N–H and O–H groups in total. The second kappa shape index (κ2) is 16.9. The highest BCUT2D eigenvalue weighted by molar-refractivity contribution is 6.31. The molecule has 13 nitrogen and oxygen atoms in total. The smallest absolute Gasteiger partial charge is 0.255 e. The average Bonchev–Trinajstić information content (AvgIpc) is 3.73. The van der Waals surface area contributed by atoms with Crippen molar-refractivity contribution in [3.05, 3.63) is 98.3 Å². The maximum absolute atomic E-state index is 16.4. The lowest BCUT2D eigenvalue weighted by Crippen LogP contribution is -2.63. The van der Waals surface area contributed by atoms with Crippen LogP contribution < -0.4 is 26.6 Å². The Bertz CT molecular complexity index is 2540. The molecule has 1 saturated carbocycles. The van der Waals surface area contributed by atoms with E-state index in [1.807, 2.05) is 11.0 Å². The van der Waals surface area contributed by atoms with Crippen LogP contribution in [0.25, 0.3) is 0 Å². The molecule has 0 radical (unpaired) electrons. The molecule has 16 heteroatoms. The lowest BCUT2D eigenvalue weighted by molar-refractivity contribution is -0.137. The highest BCUT2D eigenvalue weighted by Gasteiger charge is 2.70. The summed E-state index contributed by atoms with van der Waals surface area (Å²) in [5.41, 5.74) is 1.28. The Morgan fingerprint density at radius 1 is 0.938 bits per heavy atom. The minimum Gasteiger partial charge on any atom is -0.352 e. The van der Waals surface area contributed by atoms with Gasteiger partial charge in [-0.2, -0.15) is 0 Å². The van der Waals surface area contributed by atoms with E-state index in [9.17, 15) is 28.8 Å². The Morgan fingerprint density at radius 2 is 1.69 bits per heavy atom. The molecule has 5 heterocycles. The summed E-state index contributed by atoms with van der Waals surface area (Å²) in [7, 11) is 0. The van der Waals surface area contributed by atoms with Crippen LogP contribution in [0.2, 0.25) is 10.0 Å². The molecule has 334 valence electrons. The Hall–Kier alpha value is -5.33. The molecular formula is C48H50Cl2FN7O6. The molecule has 0 bridgehead atoms. The van der Waals surface area contributed by atoms with Crippen molar-refractivity contribution in [2.24, 2.45) is 10.8 Å². The number of carbonyl (C=O) groups is 6. The first-order valence-electron chi connectivity index (χ1n) is 22.0. The zero-order chi connectivity index (χ0) is 45.1. The van der Waals surface area contributed by atoms with Crippen molar-refractivity contribution in [2.45, 2.75) is 108 Å². The summed E-state index contributed by atoms with van der Waals surface area (Å²) in [6.45, 7) is 5.70. The molecule has 9 rings (SSSR count). The number of imide groups is 1. The first-order valence-corrected chi connectivity index (χ1v) is 22.7. The van der Waals surface area contributed by atoms with Crippen LogP contribution >= 0.6 is 23.2 Å². The summed E-state index contributed by atoms with van der Waals surface area (Å²) < 4.78 is 16.4. The zero-order valence-corrected chi connectivity index (χ0v) is 37.2. The van der Waals surface area contributed by atoms with Crippen molar-refractivity contribution in [1.82, 2.24) is 31.1 Å². The third-order valence-electron chi connectivity index (χ3n) is 14.7. The molecular weight excluding hydrogens is 860 g/mol. The number of carbonyl (C=O) groups excluding carboxylic acids is 6. The van der Waals surface area contributed by atoms with Crippen LogP contribution in [0, 0.1) is 28.6 Å². The highest BCUT2D eigenvalue weighted by Crippen LogP contribution is 2.63. The fourth-order valence-electron chi connectivity index (χ4n) is 11.2. The van der Waals surface area contributed by atoms with Crippen LogP contribution in [0.4, 0.5) is 10.1 Å². The van der Waals surface area contributed by atoms with E-state index < -0.39 is 40.7 Å². The van der Waals surface area contributed by atoms with Crippen LogP contribution in [0.15, 0.2) is 54.6 Å². The largest absolute Gasteiger partial charge is 0.352 e. The molecule has 5 aliphatic heterocycles. The molecule has 1 unspecified atom stereocenters. The summed E-state index contributed by atoms with van der Waals surface area (Å²) in [5, 5.41) is 15.5. The fourth-order valence-corrected chi connectivity index (χ4v) is 11.5. The van der Waals surface area contributed by atoms with Gasteiger partial charge in [0, 0.05) is 71.4 Å². The molecule has 6 amide bonds. The van der Waals surface area contributed by atoms with Gasteiger partial charge in [-0.1, -0.05) is 61.3 Å². The van der Waals surface area contributed by atoms with Gasteiger partial charge in [0.25, 0.3) is 5.91 Å². The molecule has 64 heavy (non-hydrogen) atoms.